The number of nitrogens with one attached hydrogen (secondary N) is 2. The van der Waals surface area contributed by atoms with Gasteiger partial charge in [-0.3, -0.25) is 15.6 Å². The fourth-order valence-electron chi connectivity index (χ4n) is 1.52. The number of hydrazine groups is 1. The first-order valence-electron chi connectivity index (χ1n) is 5.56. The van der Waals surface area contributed by atoms with E-state index < -0.39 is 0 Å². The molecule has 2 aromatic rings. The molecule has 5 heteroatoms. The second-order valence-electron chi connectivity index (χ2n) is 3.66. The average molecular weight is 230 g/mol. The minimum Gasteiger partial charge on any atom is -0.281 e. The number of aromatic nitrogens is 2. The third-order valence-electron chi connectivity index (χ3n) is 2.34. The highest BCUT2D eigenvalue weighted by molar-refractivity contribution is 5.89. The van der Waals surface area contributed by atoms with Gasteiger partial charge in [-0.25, -0.2) is 9.97 Å². The van der Waals surface area contributed by atoms with Crippen LogP contribution in [0, 0.1) is 0 Å². The highest BCUT2D eigenvalue weighted by atomic mass is 16.2. The highest BCUT2D eigenvalue weighted by Crippen LogP contribution is 2.17. The number of nitrogens with zero attached hydrogens (tertiary/aromatic N) is 2. The maximum absolute atomic E-state index is 11.3. The van der Waals surface area contributed by atoms with Crippen LogP contribution < -0.4 is 10.9 Å². The molecule has 1 amide bonds. The summed E-state index contributed by atoms with van der Waals surface area (Å²) < 4.78 is 0. The minimum atomic E-state index is -0.0461. The van der Waals surface area contributed by atoms with Crippen LogP contribution in [0.4, 0.5) is 5.82 Å². The van der Waals surface area contributed by atoms with Crippen LogP contribution in [0.5, 0.6) is 0 Å². The summed E-state index contributed by atoms with van der Waals surface area (Å²) in [6, 6.07) is 7.62. The van der Waals surface area contributed by atoms with Gasteiger partial charge in [-0.05, 0) is 18.6 Å². The van der Waals surface area contributed by atoms with E-state index >= 15 is 0 Å². The smallest absolute Gasteiger partial charge is 0.238 e. The van der Waals surface area contributed by atoms with E-state index in [0.29, 0.717) is 12.2 Å². The zero-order valence-corrected chi connectivity index (χ0v) is 9.60. The van der Waals surface area contributed by atoms with Crippen LogP contribution in [-0.4, -0.2) is 15.9 Å². The number of benzene rings is 1. The summed E-state index contributed by atoms with van der Waals surface area (Å²) in [6.45, 7) is 1.96. The molecular weight excluding hydrogens is 216 g/mol. The molecule has 5 nitrogen and oxygen atoms in total. The lowest BCUT2D eigenvalue weighted by Crippen LogP contribution is -2.29. The van der Waals surface area contributed by atoms with E-state index in [-0.39, 0.29) is 5.91 Å². The number of hydrogen-bond donors (Lipinski definition) is 2. The first-order chi connectivity index (χ1) is 8.31. The van der Waals surface area contributed by atoms with Crippen molar-refractivity contribution in [3.8, 4) is 0 Å². The average Bonchev–Trinajstić information content (AvgIpc) is 2.36. The molecule has 0 aliphatic carbocycles. The molecule has 0 radical (unpaired) electrons. The van der Waals surface area contributed by atoms with Crippen LogP contribution in [0.15, 0.2) is 30.6 Å². The van der Waals surface area contributed by atoms with Crippen molar-refractivity contribution in [2.45, 2.75) is 19.8 Å². The summed E-state index contributed by atoms with van der Waals surface area (Å²) in [6.07, 6.45) is 2.78. The SMILES string of the molecule is CCCC(=O)NNc1ncnc2ccccc12. The van der Waals surface area contributed by atoms with Crippen molar-refractivity contribution in [3.05, 3.63) is 30.6 Å². The van der Waals surface area contributed by atoms with E-state index in [0.717, 1.165) is 17.3 Å². The molecule has 1 heterocycles. The lowest BCUT2D eigenvalue weighted by molar-refractivity contribution is -0.120. The van der Waals surface area contributed by atoms with Gasteiger partial charge in [0, 0.05) is 11.8 Å². The number of hydrogen-bond acceptors (Lipinski definition) is 4. The van der Waals surface area contributed by atoms with Crippen molar-refractivity contribution >= 4 is 22.6 Å². The molecule has 0 spiro atoms. The summed E-state index contributed by atoms with van der Waals surface area (Å²) in [5, 5.41) is 0.881. The van der Waals surface area contributed by atoms with Crippen LogP contribution in [-0.2, 0) is 4.79 Å². The summed E-state index contributed by atoms with van der Waals surface area (Å²) in [7, 11) is 0. The predicted octanol–water partition coefficient (Wildman–Crippen LogP) is 1.87. The van der Waals surface area contributed by atoms with Gasteiger partial charge < -0.3 is 0 Å². The van der Waals surface area contributed by atoms with Crippen molar-refractivity contribution in [1.29, 1.82) is 0 Å². The quantitative estimate of drug-likeness (QED) is 0.787. The minimum absolute atomic E-state index is 0.0461. The largest absolute Gasteiger partial charge is 0.281 e. The molecule has 0 aliphatic rings. The number of carbonyl (C=O) groups excluding carboxylic acids is 1. The number of carbonyl (C=O) groups is 1. The predicted molar refractivity (Wildman–Crippen MR) is 66.2 cm³/mol. The van der Waals surface area contributed by atoms with Gasteiger partial charge in [0.2, 0.25) is 5.91 Å². The molecule has 2 N–H and O–H groups in total. The van der Waals surface area contributed by atoms with Gasteiger partial charge in [-0.15, -0.1) is 0 Å². The van der Waals surface area contributed by atoms with Crippen LogP contribution in [0.1, 0.15) is 19.8 Å². The van der Waals surface area contributed by atoms with E-state index in [2.05, 4.69) is 20.8 Å². The maximum atomic E-state index is 11.3. The van der Waals surface area contributed by atoms with Gasteiger partial charge in [-0.2, -0.15) is 0 Å². The van der Waals surface area contributed by atoms with E-state index in [9.17, 15) is 4.79 Å². The summed E-state index contributed by atoms with van der Waals surface area (Å²) in [5.41, 5.74) is 6.28. The fourth-order valence-corrected chi connectivity index (χ4v) is 1.52. The number of rotatable bonds is 4. The number of amides is 1. The molecule has 1 aromatic carbocycles. The summed E-state index contributed by atoms with van der Waals surface area (Å²) in [5.74, 6) is 0.565. The normalized spacial score (nSPS) is 10.2. The molecule has 0 atom stereocenters. The monoisotopic (exact) mass is 230 g/mol. The topological polar surface area (TPSA) is 66.9 Å². The molecule has 0 aliphatic heterocycles. The lowest BCUT2D eigenvalue weighted by Gasteiger charge is -2.08. The number of anilines is 1. The van der Waals surface area contributed by atoms with Gasteiger partial charge in [0.25, 0.3) is 0 Å². The van der Waals surface area contributed by atoms with Crippen molar-refractivity contribution < 1.29 is 4.79 Å². The Hall–Kier alpha value is -2.17. The second-order valence-corrected chi connectivity index (χ2v) is 3.66. The van der Waals surface area contributed by atoms with Crippen LogP contribution >= 0.6 is 0 Å². The van der Waals surface area contributed by atoms with Gasteiger partial charge in [0.1, 0.15) is 6.33 Å². The van der Waals surface area contributed by atoms with E-state index in [4.69, 9.17) is 0 Å². The van der Waals surface area contributed by atoms with Crippen molar-refractivity contribution in [2.75, 3.05) is 5.43 Å². The molecular formula is C12H14N4O. The Morgan fingerprint density at radius 3 is 2.94 bits per heavy atom. The molecule has 2 rings (SSSR count). The Labute approximate surface area is 99.2 Å². The molecule has 0 fully saturated rings. The van der Waals surface area contributed by atoms with E-state index in [1.165, 1.54) is 6.33 Å². The Morgan fingerprint density at radius 1 is 1.29 bits per heavy atom. The number of para-hydroxylation sites is 1. The van der Waals surface area contributed by atoms with Crippen molar-refractivity contribution in [2.24, 2.45) is 0 Å². The first-order valence-corrected chi connectivity index (χ1v) is 5.56. The standard InChI is InChI=1S/C12H14N4O/c1-2-5-11(17)15-16-12-9-6-3-4-7-10(9)13-8-14-12/h3-4,6-8H,2,5H2,1H3,(H,15,17)(H,13,14,16). The Morgan fingerprint density at radius 2 is 2.12 bits per heavy atom. The maximum Gasteiger partial charge on any atom is 0.238 e. The van der Waals surface area contributed by atoms with E-state index in [1.807, 2.05) is 31.2 Å². The van der Waals surface area contributed by atoms with Crippen LogP contribution in [0.2, 0.25) is 0 Å². The molecule has 0 bridgehead atoms. The summed E-state index contributed by atoms with van der Waals surface area (Å²) in [4.78, 5) is 19.6. The van der Waals surface area contributed by atoms with Crippen molar-refractivity contribution in [3.63, 3.8) is 0 Å². The Kier molecular flexibility index (Phi) is 3.49. The molecule has 88 valence electrons. The van der Waals surface area contributed by atoms with Gasteiger partial charge in [0.05, 0.1) is 5.52 Å². The molecule has 0 saturated carbocycles. The van der Waals surface area contributed by atoms with Crippen molar-refractivity contribution in [1.82, 2.24) is 15.4 Å². The van der Waals surface area contributed by atoms with Gasteiger partial charge in [-0.1, -0.05) is 19.1 Å². The highest BCUT2D eigenvalue weighted by Gasteiger charge is 2.03. The van der Waals surface area contributed by atoms with Crippen LogP contribution in [0.25, 0.3) is 10.9 Å². The zero-order chi connectivity index (χ0) is 12.1. The van der Waals surface area contributed by atoms with Gasteiger partial charge >= 0.3 is 0 Å². The molecule has 1 aromatic heterocycles. The Balaban J connectivity index is 2.16. The first kappa shape index (κ1) is 11.3. The molecule has 0 saturated heterocycles. The van der Waals surface area contributed by atoms with Crippen LogP contribution in [0.3, 0.4) is 0 Å². The molecule has 0 unspecified atom stereocenters. The zero-order valence-electron chi connectivity index (χ0n) is 9.60. The third-order valence-corrected chi connectivity index (χ3v) is 2.34. The number of fused-ring (bicyclic) bond motifs is 1. The fraction of sp³-hybridized carbons (Fsp3) is 0.250. The summed E-state index contributed by atoms with van der Waals surface area (Å²) >= 11 is 0. The van der Waals surface area contributed by atoms with E-state index in [1.54, 1.807) is 0 Å². The third kappa shape index (κ3) is 2.69. The Bertz CT molecular complexity index is 521. The lowest BCUT2D eigenvalue weighted by atomic mass is 10.2. The van der Waals surface area contributed by atoms with Gasteiger partial charge in [0.15, 0.2) is 5.82 Å². The second kappa shape index (κ2) is 5.25. The molecule has 17 heavy (non-hydrogen) atoms.